The number of alkyl halides is 2. The number of hydrogen-bond acceptors (Lipinski definition) is 1. The highest BCUT2D eigenvalue weighted by atomic mass is 19.3. The summed E-state index contributed by atoms with van der Waals surface area (Å²) in [4.78, 5) is 0. The predicted octanol–water partition coefficient (Wildman–Crippen LogP) is 8.05. The first-order valence-corrected chi connectivity index (χ1v) is 11.3. The summed E-state index contributed by atoms with van der Waals surface area (Å²) in [5.41, 5.74) is 0.127. The summed E-state index contributed by atoms with van der Waals surface area (Å²) in [5.74, 6) is 1.87. The molecule has 1 nitrogen and oxygen atoms in total. The number of halogens is 3. The first-order chi connectivity index (χ1) is 14.4. The van der Waals surface area contributed by atoms with E-state index in [-0.39, 0.29) is 11.7 Å². The highest BCUT2D eigenvalue weighted by Gasteiger charge is 2.38. The fourth-order valence-corrected chi connectivity index (χ4v) is 5.39. The minimum absolute atomic E-state index is 0.0152. The smallest absolute Gasteiger partial charge is 0.429 e. The van der Waals surface area contributed by atoms with Crippen LogP contribution in [-0.2, 0) is 6.11 Å². The molecular weight excluding hydrogens is 385 g/mol. The number of para-hydroxylation sites is 1. The zero-order valence-corrected chi connectivity index (χ0v) is 17.6. The van der Waals surface area contributed by atoms with Gasteiger partial charge in [0.15, 0.2) is 0 Å². The summed E-state index contributed by atoms with van der Waals surface area (Å²) in [5, 5.41) is 0. The van der Waals surface area contributed by atoms with E-state index in [2.05, 4.69) is 6.92 Å². The lowest BCUT2D eigenvalue weighted by atomic mass is 9.68. The predicted molar refractivity (Wildman–Crippen MR) is 113 cm³/mol. The molecule has 30 heavy (non-hydrogen) atoms. The molecule has 0 atom stereocenters. The van der Waals surface area contributed by atoms with Gasteiger partial charge in [-0.05, 0) is 92.0 Å². The van der Waals surface area contributed by atoms with E-state index in [0.29, 0.717) is 0 Å². The molecule has 2 fully saturated rings. The van der Waals surface area contributed by atoms with Crippen LogP contribution in [-0.4, -0.2) is 0 Å². The first-order valence-electron chi connectivity index (χ1n) is 11.3. The summed E-state index contributed by atoms with van der Waals surface area (Å²) in [6.45, 7) is 2.35. The van der Waals surface area contributed by atoms with Crippen molar-refractivity contribution in [3.63, 3.8) is 0 Å². The topological polar surface area (TPSA) is 9.23 Å². The molecule has 0 saturated heterocycles. The molecule has 4 rings (SSSR count). The van der Waals surface area contributed by atoms with Gasteiger partial charge < -0.3 is 4.74 Å². The normalized spacial score (nSPS) is 27.6. The Balaban J connectivity index is 1.39. The van der Waals surface area contributed by atoms with Crippen LogP contribution in [0.15, 0.2) is 48.5 Å². The molecule has 2 aromatic carbocycles. The lowest BCUT2D eigenvalue weighted by Crippen LogP contribution is -2.25. The minimum Gasteiger partial charge on any atom is -0.429 e. The molecular formula is C26H31F3O. The van der Waals surface area contributed by atoms with Crippen molar-refractivity contribution in [2.24, 2.45) is 17.8 Å². The lowest BCUT2D eigenvalue weighted by molar-refractivity contribution is -0.187. The third kappa shape index (κ3) is 4.84. The van der Waals surface area contributed by atoms with Gasteiger partial charge in [-0.15, -0.1) is 0 Å². The molecule has 0 bridgehead atoms. The van der Waals surface area contributed by atoms with E-state index in [0.717, 1.165) is 36.2 Å². The van der Waals surface area contributed by atoms with E-state index in [1.807, 2.05) is 0 Å². The minimum atomic E-state index is -3.71. The van der Waals surface area contributed by atoms with Crippen LogP contribution in [0.4, 0.5) is 13.2 Å². The monoisotopic (exact) mass is 416 g/mol. The van der Waals surface area contributed by atoms with Crippen molar-refractivity contribution in [3.05, 3.63) is 65.5 Å². The fourth-order valence-electron chi connectivity index (χ4n) is 5.39. The van der Waals surface area contributed by atoms with Gasteiger partial charge >= 0.3 is 6.11 Å². The molecule has 0 aromatic heterocycles. The Bertz CT molecular complexity index is 819. The number of benzene rings is 2. The quantitative estimate of drug-likeness (QED) is 0.479. The summed E-state index contributed by atoms with van der Waals surface area (Å²) >= 11 is 0. The molecule has 0 amide bonds. The number of hydrogen-bond donors (Lipinski definition) is 0. The Kier molecular flexibility index (Phi) is 6.40. The SMILES string of the molecule is CC1CCC(C2CCC(c3ccc(C(F)(F)Oc4ccccc4)c(F)c3)CC2)CC1. The van der Waals surface area contributed by atoms with Crippen LogP contribution in [0, 0.1) is 23.6 Å². The van der Waals surface area contributed by atoms with Crippen molar-refractivity contribution in [1.82, 2.24) is 0 Å². The summed E-state index contributed by atoms with van der Waals surface area (Å²) < 4.78 is 48.4. The molecule has 0 N–H and O–H groups in total. The van der Waals surface area contributed by atoms with Gasteiger partial charge in [0.05, 0.1) is 5.56 Å². The highest BCUT2D eigenvalue weighted by molar-refractivity contribution is 5.31. The summed E-state index contributed by atoms with van der Waals surface area (Å²) in [7, 11) is 0. The zero-order chi connectivity index (χ0) is 21.1. The maximum absolute atomic E-state index is 14.6. The van der Waals surface area contributed by atoms with Crippen molar-refractivity contribution in [3.8, 4) is 5.75 Å². The molecule has 162 valence electrons. The molecule has 0 unspecified atom stereocenters. The van der Waals surface area contributed by atoms with Gasteiger partial charge in [-0.3, -0.25) is 0 Å². The molecule has 2 saturated carbocycles. The molecule has 0 radical (unpaired) electrons. The number of rotatable bonds is 5. The first kappa shape index (κ1) is 21.3. The Morgan fingerprint density at radius 1 is 0.800 bits per heavy atom. The second-order valence-electron chi connectivity index (χ2n) is 9.30. The molecule has 4 heteroatoms. The van der Waals surface area contributed by atoms with Crippen LogP contribution in [0.3, 0.4) is 0 Å². The summed E-state index contributed by atoms with van der Waals surface area (Å²) in [6.07, 6.45) is 6.04. The standard InChI is InChI=1S/C26H31F3O/c1-18-7-9-19(10-8-18)20-11-13-21(14-12-20)22-15-16-24(25(27)17-22)26(28,29)30-23-5-3-2-4-6-23/h2-6,15-21H,7-14H2,1H3. The van der Waals surface area contributed by atoms with Gasteiger partial charge in [-0.1, -0.05) is 44.0 Å². The largest absolute Gasteiger partial charge is 0.429 e. The Morgan fingerprint density at radius 2 is 1.40 bits per heavy atom. The van der Waals surface area contributed by atoms with Gasteiger partial charge in [0, 0.05) is 0 Å². The molecule has 0 heterocycles. The maximum atomic E-state index is 14.6. The van der Waals surface area contributed by atoms with E-state index >= 15 is 0 Å². The number of ether oxygens (including phenoxy) is 1. The second-order valence-corrected chi connectivity index (χ2v) is 9.30. The van der Waals surface area contributed by atoms with Crippen LogP contribution in [0.2, 0.25) is 0 Å². The Morgan fingerprint density at radius 3 is 2.00 bits per heavy atom. The fraction of sp³-hybridized carbons (Fsp3) is 0.538. The van der Waals surface area contributed by atoms with Gasteiger partial charge in [0.1, 0.15) is 11.6 Å². The molecule has 2 aliphatic rings. The van der Waals surface area contributed by atoms with Crippen molar-refractivity contribution in [1.29, 1.82) is 0 Å². The van der Waals surface area contributed by atoms with Crippen LogP contribution >= 0.6 is 0 Å². The van der Waals surface area contributed by atoms with E-state index in [1.165, 1.54) is 62.8 Å². The van der Waals surface area contributed by atoms with Crippen molar-refractivity contribution >= 4 is 0 Å². The van der Waals surface area contributed by atoms with Crippen molar-refractivity contribution < 1.29 is 17.9 Å². The average Bonchev–Trinajstić information content (AvgIpc) is 2.74. The van der Waals surface area contributed by atoms with E-state index in [1.54, 1.807) is 24.3 Å². The second kappa shape index (κ2) is 9.03. The lowest BCUT2D eigenvalue weighted by Gasteiger charge is -2.37. The van der Waals surface area contributed by atoms with E-state index < -0.39 is 17.5 Å². The summed E-state index contributed by atoms with van der Waals surface area (Å²) in [6, 6.07) is 12.0. The van der Waals surface area contributed by atoms with Crippen molar-refractivity contribution in [2.75, 3.05) is 0 Å². The van der Waals surface area contributed by atoms with Gasteiger partial charge in [-0.2, -0.15) is 8.78 Å². The van der Waals surface area contributed by atoms with Crippen LogP contribution in [0.25, 0.3) is 0 Å². The molecule has 0 aliphatic heterocycles. The van der Waals surface area contributed by atoms with E-state index in [4.69, 9.17) is 4.74 Å². The van der Waals surface area contributed by atoms with Gasteiger partial charge in [-0.25, -0.2) is 4.39 Å². The van der Waals surface area contributed by atoms with E-state index in [9.17, 15) is 13.2 Å². The average molecular weight is 417 g/mol. The Labute approximate surface area is 177 Å². The zero-order valence-electron chi connectivity index (χ0n) is 17.6. The van der Waals surface area contributed by atoms with Crippen LogP contribution < -0.4 is 4.74 Å². The highest BCUT2D eigenvalue weighted by Crippen LogP contribution is 2.44. The maximum Gasteiger partial charge on any atom is 0.429 e. The molecule has 2 aliphatic carbocycles. The third-order valence-corrected chi connectivity index (χ3v) is 7.27. The van der Waals surface area contributed by atoms with Gasteiger partial charge in [0.2, 0.25) is 0 Å². The molecule has 0 spiro atoms. The van der Waals surface area contributed by atoms with Crippen molar-refractivity contribution in [2.45, 2.75) is 70.3 Å². The third-order valence-electron chi connectivity index (χ3n) is 7.27. The van der Waals surface area contributed by atoms with Crippen LogP contribution in [0.1, 0.15) is 75.3 Å². The van der Waals surface area contributed by atoms with Crippen LogP contribution in [0.5, 0.6) is 5.75 Å². The Hall–Kier alpha value is -1.97. The van der Waals surface area contributed by atoms with Gasteiger partial charge in [0.25, 0.3) is 0 Å². The molecule has 2 aromatic rings.